The molecule has 1 heterocycles. The van der Waals surface area contributed by atoms with Crippen LogP contribution in [0.2, 0.25) is 0 Å². The molecule has 0 fully saturated rings. The predicted octanol–water partition coefficient (Wildman–Crippen LogP) is -0.101. The maximum absolute atomic E-state index is 12.3. The van der Waals surface area contributed by atoms with Gasteiger partial charge in [-0.2, -0.15) is 4.31 Å². The molecule has 0 spiro atoms. The average molecular weight is 317 g/mol. The minimum atomic E-state index is -3.81. The Morgan fingerprint density at radius 2 is 2.15 bits per heavy atom. The number of aromatic nitrogens is 1. The van der Waals surface area contributed by atoms with Crippen LogP contribution in [0.3, 0.4) is 0 Å². The molecule has 0 saturated carbocycles. The number of carbonyl (C=O) groups is 1. The third-order valence-corrected chi connectivity index (χ3v) is 4.63. The van der Waals surface area contributed by atoms with E-state index in [2.05, 4.69) is 9.72 Å². The van der Waals surface area contributed by atoms with Gasteiger partial charge in [-0.15, -0.1) is 0 Å². The smallest absolute Gasteiger partial charge is 0.321 e. The van der Waals surface area contributed by atoms with Gasteiger partial charge in [-0.3, -0.25) is 9.78 Å². The summed E-state index contributed by atoms with van der Waals surface area (Å²) in [7, 11) is -2.62. The second-order valence-electron chi connectivity index (χ2n) is 3.75. The van der Waals surface area contributed by atoms with Crippen molar-refractivity contribution in [2.24, 2.45) is 5.73 Å². The molecule has 1 aromatic rings. The summed E-state index contributed by atoms with van der Waals surface area (Å²) in [5.41, 5.74) is 5.72. The number of sulfonamides is 1. The zero-order chi connectivity index (χ0) is 15.3. The van der Waals surface area contributed by atoms with E-state index in [1.165, 1.54) is 19.2 Å². The molecule has 9 heteroatoms. The van der Waals surface area contributed by atoms with Crippen molar-refractivity contribution in [3.63, 3.8) is 0 Å². The lowest BCUT2D eigenvalue weighted by molar-refractivity contribution is -0.140. The molecule has 0 aliphatic rings. The van der Waals surface area contributed by atoms with E-state index in [4.69, 9.17) is 18.0 Å². The average Bonchev–Trinajstić information content (AvgIpc) is 2.44. The highest BCUT2D eigenvalue weighted by molar-refractivity contribution is 7.89. The summed E-state index contributed by atoms with van der Waals surface area (Å²) in [5, 5.41) is 0. The van der Waals surface area contributed by atoms with E-state index in [1.807, 2.05) is 0 Å². The quantitative estimate of drug-likeness (QED) is 0.577. The molecule has 0 aromatic carbocycles. The Balaban J connectivity index is 3.07. The Hall–Kier alpha value is -1.58. The molecule has 0 saturated heterocycles. The van der Waals surface area contributed by atoms with Crippen molar-refractivity contribution in [3.05, 3.63) is 24.0 Å². The summed E-state index contributed by atoms with van der Waals surface area (Å²) in [6.07, 6.45) is 1.16. The molecule has 20 heavy (non-hydrogen) atoms. The summed E-state index contributed by atoms with van der Waals surface area (Å²) >= 11 is 4.74. The summed E-state index contributed by atoms with van der Waals surface area (Å²) in [6, 6.07) is 2.76. The molecule has 1 rings (SSSR count). The number of rotatable bonds is 6. The van der Waals surface area contributed by atoms with E-state index >= 15 is 0 Å². The summed E-state index contributed by atoms with van der Waals surface area (Å²) in [4.78, 5) is 15.1. The van der Waals surface area contributed by atoms with Gasteiger partial charge in [0.1, 0.15) is 16.4 Å². The van der Waals surface area contributed by atoms with Crippen LogP contribution >= 0.6 is 12.2 Å². The Bertz CT molecular complexity index is 599. The second kappa shape index (κ2) is 6.73. The van der Waals surface area contributed by atoms with E-state index in [0.29, 0.717) is 5.69 Å². The van der Waals surface area contributed by atoms with Crippen LogP contribution in [0.4, 0.5) is 0 Å². The number of likely N-dealkylation sites (N-methyl/N-ethyl adjacent to an activating group) is 1. The molecule has 0 radical (unpaired) electrons. The topological polar surface area (TPSA) is 103 Å². The standard InChI is InChI=1S/C11H15N3O4S2/c1-3-14(7-10(15)18-2)20(16,17)8-4-5-9(11(12)19)13-6-8/h4-6H,3,7H2,1-2H3,(H2,12,19). The van der Waals surface area contributed by atoms with Crippen LogP contribution in [0.25, 0.3) is 0 Å². The van der Waals surface area contributed by atoms with Crippen molar-refractivity contribution in [2.45, 2.75) is 11.8 Å². The summed E-state index contributed by atoms with van der Waals surface area (Å²) in [5.74, 6) is -0.636. The number of hydrogen-bond donors (Lipinski definition) is 1. The summed E-state index contributed by atoms with van der Waals surface area (Å²) in [6.45, 7) is 1.40. The minimum absolute atomic E-state index is 0.0387. The lowest BCUT2D eigenvalue weighted by Gasteiger charge is -2.18. The Morgan fingerprint density at radius 1 is 1.50 bits per heavy atom. The van der Waals surface area contributed by atoms with E-state index in [0.717, 1.165) is 10.5 Å². The fourth-order valence-corrected chi connectivity index (χ4v) is 2.86. The molecule has 0 amide bonds. The van der Waals surface area contributed by atoms with Crippen LogP contribution in [0, 0.1) is 0 Å². The van der Waals surface area contributed by atoms with Gasteiger partial charge in [0.2, 0.25) is 10.0 Å². The lowest BCUT2D eigenvalue weighted by atomic mass is 10.3. The number of methoxy groups -OCH3 is 1. The molecule has 7 nitrogen and oxygen atoms in total. The molecule has 1 aromatic heterocycles. The van der Waals surface area contributed by atoms with Crippen LogP contribution in [0.5, 0.6) is 0 Å². The number of carbonyl (C=O) groups excluding carboxylic acids is 1. The third-order valence-electron chi connectivity index (χ3n) is 2.51. The van der Waals surface area contributed by atoms with Crippen molar-refractivity contribution >= 4 is 33.2 Å². The number of ether oxygens (including phenoxy) is 1. The Morgan fingerprint density at radius 3 is 2.55 bits per heavy atom. The monoisotopic (exact) mass is 317 g/mol. The predicted molar refractivity (Wildman–Crippen MR) is 76.6 cm³/mol. The largest absolute Gasteiger partial charge is 0.468 e. The van der Waals surface area contributed by atoms with Crippen LogP contribution in [0.15, 0.2) is 23.2 Å². The van der Waals surface area contributed by atoms with Crippen molar-refractivity contribution in [2.75, 3.05) is 20.2 Å². The molecule has 0 aliphatic heterocycles. The number of thiocarbonyl (C=S) groups is 1. The van der Waals surface area contributed by atoms with E-state index in [1.54, 1.807) is 6.92 Å². The third kappa shape index (κ3) is 3.71. The van der Waals surface area contributed by atoms with Gasteiger partial charge in [0, 0.05) is 12.7 Å². The molecule has 0 aliphatic carbocycles. The zero-order valence-corrected chi connectivity index (χ0v) is 12.7. The normalized spacial score (nSPS) is 11.3. The maximum Gasteiger partial charge on any atom is 0.321 e. The van der Waals surface area contributed by atoms with Crippen molar-refractivity contribution in [1.29, 1.82) is 0 Å². The first-order valence-corrected chi connectivity index (χ1v) is 7.50. The first-order valence-electron chi connectivity index (χ1n) is 5.65. The number of esters is 1. The maximum atomic E-state index is 12.3. The molecule has 2 N–H and O–H groups in total. The molecule has 0 unspecified atom stereocenters. The zero-order valence-electron chi connectivity index (χ0n) is 11.1. The number of nitrogens with zero attached hydrogens (tertiary/aromatic N) is 2. The van der Waals surface area contributed by atoms with Crippen LogP contribution in [0.1, 0.15) is 12.6 Å². The molecular weight excluding hydrogens is 302 g/mol. The fourth-order valence-electron chi connectivity index (χ4n) is 1.40. The SMILES string of the molecule is CCN(CC(=O)OC)S(=O)(=O)c1ccc(C(N)=S)nc1. The number of nitrogens with two attached hydrogens (primary N) is 1. The van der Waals surface area contributed by atoms with Crippen LogP contribution in [-0.2, 0) is 19.6 Å². The lowest BCUT2D eigenvalue weighted by Crippen LogP contribution is -2.36. The first-order chi connectivity index (χ1) is 9.32. The van der Waals surface area contributed by atoms with Gasteiger partial charge in [-0.1, -0.05) is 19.1 Å². The van der Waals surface area contributed by atoms with Gasteiger partial charge in [0.05, 0.1) is 12.8 Å². The Labute approximate surface area is 122 Å². The van der Waals surface area contributed by atoms with Crippen molar-refractivity contribution in [1.82, 2.24) is 9.29 Å². The second-order valence-corrected chi connectivity index (χ2v) is 6.13. The Kier molecular flexibility index (Phi) is 5.54. The van der Waals surface area contributed by atoms with Gasteiger partial charge in [-0.05, 0) is 12.1 Å². The van der Waals surface area contributed by atoms with Crippen molar-refractivity contribution in [3.8, 4) is 0 Å². The highest BCUT2D eigenvalue weighted by atomic mass is 32.2. The molecular formula is C11H15N3O4S2. The number of hydrogen-bond acceptors (Lipinski definition) is 6. The van der Waals surface area contributed by atoms with Gasteiger partial charge < -0.3 is 10.5 Å². The highest BCUT2D eigenvalue weighted by Gasteiger charge is 2.25. The number of pyridine rings is 1. The van der Waals surface area contributed by atoms with Gasteiger partial charge >= 0.3 is 5.97 Å². The van der Waals surface area contributed by atoms with Gasteiger partial charge in [0.25, 0.3) is 0 Å². The highest BCUT2D eigenvalue weighted by Crippen LogP contribution is 2.14. The van der Waals surface area contributed by atoms with Gasteiger partial charge in [-0.25, -0.2) is 8.42 Å². The van der Waals surface area contributed by atoms with E-state index in [9.17, 15) is 13.2 Å². The van der Waals surface area contributed by atoms with Gasteiger partial charge in [0.15, 0.2) is 0 Å². The molecule has 110 valence electrons. The van der Waals surface area contributed by atoms with Crippen LogP contribution in [-0.4, -0.2) is 48.9 Å². The van der Waals surface area contributed by atoms with Crippen LogP contribution < -0.4 is 5.73 Å². The van der Waals surface area contributed by atoms with Crippen molar-refractivity contribution < 1.29 is 17.9 Å². The fraction of sp³-hybridized carbons (Fsp3) is 0.364. The first kappa shape index (κ1) is 16.5. The summed E-state index contributed by atoms with van der Waals surface area (Å²) < 4.78 is 30.1. The van der Waals surface area contributed by atoms with E-state index in [-0.39, 0.29) is 23.0 Å². The minimum Gasteiger partial charge on any atom is -0.468 e. The molecule has 0 bridgehead atoms. The molecule has 0 atom stereocenters. The van der Waals surface area contributed by atoms with E-state index < -0.39 is 16.0 Å².